The Morgan fingerprint density at radius 3 is 2.50 bits per heavy atom. The van der Waals surface area contributed by atoms with Crippen LogP contribution in [0.5, 0.6) is 0 Å². The van der Waals surface area contributed by atoms with Crippen molar-refractivity contribution in [1.82, 2.24) is 9.21 Å². The summed E-state index contributed by atoms with van der Waals surface area (Å²) < 4.78 is 27.8. The summed E-state index contributed by atoms with van der Waals surface area (Å²) in [5.41, 5.74) is 3.36. The molecule has 1 amide bonds. The highest BCUT2D eigenvalue weighted by molar-refractivity contribution is 7.89. The highest BCUT2D eigenvalue weighted by atomic mass is 32.2. The summed E-state index contributed by atoms with van der Waals surface area (Å²) in [6.07, 6.45) is 1.43. The lowest BCUT2D eigenvalue weighted by Gasteiger charge is -2.37. The number of carbonyl (C=O) groups excluding carboxylic acids is 1. The van der Waals surface area contributed by atoms with Gasteiger partial charge in [0.1, 0.15) is 0 Å². The van der Waals surface area contributed by atoms with Gasteiger partial charge < -0.3 is 4.90 Å². The molecule has 1 unspecified atom stereocenters. The molecule has 0 fully saturated rings. The van der Waals surface area contributed by atoms with Gasteiger partial charge in [0, 0.05) is 18.0 Å². The fourth-order valence-electron chi connectivity index (χ4n) is 4.21. The second kappa shape index (κ2) is 9.57. The van der Waals surface area contributed by atoms with E-state index in [0.717, 1.165) is 23.1 Å². The van der Waals surface area contributed by atoms with Crippen molar-refractivity contribution in [3.63, 3.8) is 0 Å². The number of amides is 1. The van der Waals surface area contributed by atoms with Crippen LogP contribution >= 0.6 is 11.3 Å². The first-order valence-electron chi connectivity index (χ1n) is 10.9. The molecule has 0 bridgehead atoms. The predicted molar refractivity (Wildman–Crippen MR) is 128 cm³/mol. The van der Waals surface area contributed by atoms with Gasteiger partial charge in [-0.15, -0.1) is 11.3 Å². The number of nitrogens with zero attached hydrogens (tertiary/aromatic N) is 2. The molecule has 0 N–H and O–H groups in total. The van der Waals surface area contributed by atoms with Gasteiger partial charge in [-0.05, 0) is 54.5 Å². The van der Waals surface area contributed by atoms with Crippen LogP contribution in [0.25, 0.3) is 0 Å². The smallest absolute Gasteiger partial charge is 0.243 e. The lowest BCUT2D eigenvalue weighted by molar-refractivity contribution is -0.133. The molecular formula is C25H28N2O3S2. The number of hydrogen-bond donors (Lipinski definition) is 0. The van der Waals surface area contributed by atoms with Gasteiger partial charge in [0.2, 0.25) is 15.9 Å². The van der Waals surface area contributed by atoms with Crippen molar-refractivity contribution < 1.29 is 13.2 Å². The van der Waals surface area contributed by atoms with E-state index >= 15 is 0 Å². The molecule has 0 spiro atoms. The Kier molecular flexibility index (Phi) is 6.79. The fourth-order valence-corrected chi connectivity index (χ4v) is 6.62. The number of hydrogen-bond acceptors (Lipinski definition) is 4. The van der Waals surface area contributed by atoms with Crippen molar-refractivity contribution in [3.05, 3.63) is 87.6 Å². The van der Waals surface area contributed by atoms with E-state index in [1.165, 1.54) is 9.18 Å². The maximum atomic E-state index is 13.6. The van der Waals surface area contributed by atoms with Gasteiger partial charge in [0.05, 0.1) is 17.5 Å². The minimum atomic E-state index is -3.75. The Morgan fingerprint density at radius 1 is 1.09 bits per heavy atom. The Morgan fingerprint density at radius 2 is 1.81 bits per heavy atom. The van der Waals surface area contributed by atoms with Crippen molar-refractivity contribution in [3.8, 4) is 0 Å². The number of aryl methyl sites for hydroxylation is 1. The van der Waals surface area contributed by atoms with Crippen LogP contribution in [0.1, 0.15) is 41.0 Å². The van der Waals surface area contributed by atoms with E-state index < -0.39 is 10.0 Å². The molecule has 1 atom stereocenters. The number of sulfonamides is 1. The van der Waals surface area contributed by atoms with Crippen LogP contribution in [0.2, 0.25) is 0 Å². The molecule has 32 heavy (non-hydrogen) atoms. The van der Waals surface area contributed by atoms with Crippen molar-refractivity contribution in [1.29, 1.82) is 0 Å². The Hall–Kier alpha value is -2.48. The number of fused-ring (bicyclic) bond motifs is 1. The zero-order chi connectivity index (χ0) is 22.7. The predicted octanol–water partition coefficient (Wildman–Crippen LogP) is 4.63. The summed E-state index contributed by atoms with van der Waals surface area (Å²) in [7, 11) is -3.75. The highest BCUT2D eigenvalue weighted by Crippen LogP contribution is 2.38. The van der Waals surface area contributed by atoms with Crippen molar-refractivity contribution in [2.45, 2.75) is 37.6 Å². The lowest BCUT2D eigenvalue weighted by atomic mass is 9.92. The Labute approximate surface area is 194 Å². The van der Waals surface area contributed by atoms with E-state index in [1.807, 2.05) is 18.7 Å². The summed E-state index contributed by atoms with van der Waals surface area (Å²) in [4.78, 5) is 16.9. The van der Waals surface area contributed by atoms with Crippen LogP contribution in [0.3, 0.4) is 0 Å². The molecule has 1 aliphatic heterocycles. The molecule has 5 nitrogen and oxygen atoms in total. The van der Waals surface area contributed by atoms with Gasteiger partial charge in [-0.3, -0.25) is 4.79 Å². The molecule has 1 aliphatic rings. The second-order valence-corrected chi connectivity index (χ2v) is 11.0. The SMILES string of the molecule is CCCN(CC(=O)N1CCc2sccc2C1c1ccc(C)cc1)S(=O)(=O)c1ccccc1. The third-order valence-electron chi connectivity index (χ3n) is 5.84. The molecule has 1 aromatic heterocycles. The molecule has 0 aliphatic carbocycles. The largest absolute Gasteiger partial charge is 0.330 e. The minimum absolute atomic E-state index is 0.160. The van der Waals surface area contributed by atoms with E-state index in [1.54, 1.807) is 41.7 Å². The first kappa shape index (κ1) is 22.7. The van der Waals surface area contributed by atoms with Gasteiger partial charge in [-0.2, -0.15) is 4.31 Å². The normalized spacial score (nSPS) is 16.2. The van der Waals surface area contributed by atoms with E-state index in [-0.39, 0.29) is 23.4 Å². The Balaban J connectivity index is 1.65. The number of carbonyl (C=O) groups is 1. The molecule has 4 rings (SSSR count). The zero-order valence-electron chi connectivity index (χ0n) is 18.4. The average molecular weight is 469 g/mol. The molecule has 0 saturated heterocycles. The first-order valence-corrected chi connectivity index (χ1v) is 13.2. The van der Waals surface area contributed by atoms with E-state index in [9.17, 15) is 13.2 Å². The quantitative estimate of drug-likeness (QED) is 0.508. The third kappa shape index (κ3) is 4.51. The zero-order valence-corrected chi connectivity index (χ0v) is 20.0. The number of benzene rings is 2. The van der Waals surface area contributed by atoms with Crippen LogP contribution in [0.15, 0.2) is 70.9 Å². The van der Waals surface area contributed by atoms with Crippen LogP contribution in [0, 0.1) is 6.92 Å². The maximum absolute atomic E-state index is 13.6. The van der Waals surface area contributed by atoms with Crippen LogP contribution in [0.4, 0.5) is 0 Å². The summed E-state index contributed by atoms with van der Waals surface area (Å²) in [6, 6.07) is 18.5. The molecule has 0 saturated carbocycles. The van der Waals surface area contributed by atoms with E-state index in [0.29, 0.717) is 19.5 Å². The molecule has 7 heteroatoms. The van der Waals surface area contributed by atoms with E-state index in [2.05, 4.69) is 35.7 Å². The van der Waals surface area contributed by atoms with Crippen molar-refractivity contribution in [2.24, 2.45) is 0 Å². The number of rotatable bonds is 7. The third-order valence-corrected chi connectivity index (χ3v) is 8.70. The van der Waals surface area contributed by atoms with Crippen LogP contribution in [-0.4, -0.2) is 43.2 Å². The van der Waals surface area contributed by atoms with Gasteiger partial charge in [-0.25, -0.2) is 8.42 Å². The summed E-state index contributed by atoms with van der Waals surface area (Å²) >= 11 is 1.72. The fraction of sp³-hybridized carbons (Fsp3) is 0.320. The standard InChI is InChI=1S/C25H28N2O3S2/c1-3-15-26(32(29,30)21-7-5-4-6-8-21)18-24(28)27-16-13-23-22(14-17-31-23)25(27)20-11-9-19(2)10-12-20/h4-12,14,17,25H,3,13,15-16,18H2,1-2H3. The molecular weight excluding hydrogens is 440 g/mol. The van der Waals surface area contributed by atoms with Gasteiger partial charge in [-0.1, -0.05) is 55.0 Å². The summed E-state index contributed by atoms with van der Waals surface area (Å²) in [6.45, 7) is 4.69. The Bertz CT molecular complexity index is 1170. The molecule has 2 heterocycles. The topological polar surface area (TPSA) is 57.7 Å². The van der Waals surface area contributed by atoms with Crippen LogP contribution in [-0.2, 0) is 21.2 Å². The van der Waals surface area contributed by atoms with Gasteiger partial charge >= 0.3 is 0 Å². The highest BCUT2D eigenvalue weighted by Gasteiger charge is 2.35. The molecule has 0 radical (unpaired) electrons. The summed E-state index contributed by atoms with van der Waals surface area (Å²) in [5.74, 6) is -0.166. The number of thiophene rings is 1. The monoisotopic (exact) mass is 468 g/mol. The van der Waals surface area contributed by atoms with Gasteiger partial charge in [0.25, 0.3) is 0 Å². The van der Waals surface area contributed by atoms with Crippen LogP contribution < -0.4 is 0 Å². The van der Waals surface area contributed by atoms with Crippen molar-refractivity contribution in [2.75, 3.05) is 19.6 Å². The minimum Gasteiger partial charge on any atom is -0.330 e. The summed E-state index contributed by atoms with van der Waals surface area (Å²) in [5, 5.41) is 2.07. The second-order valence-electron chi connectivity index (χ2n) is 8.10. The van der Waals surface area contributed by atoms with Crippen molar-refractivity contribution >= 4 is 27.3 Å². The first-order chi connectivity index (χ1) is 15.4. The van der Waals surface area contributed by atoms with E-state index in [4.69, 9.17) is 0 Å². The molecule has 2 aromatic carbocycles. The maximum Gasteiger partial charge on any atom is 0.243 e. The van der Waals surface area contributed by atoms with Gasteiger partial charge in [0.15, 0.2) is 0 Å². The molecule has 168 valence electrons. The average Bonchev–Trinajstić information content (AvgIpc) is 3.28. The molecule has 3 aromatic rings. The lowest BCUT2D eigenvalue weighted by Crippen LogP contribution is -2.46.